The Balaban J connectivity index is 0.00000363. The summed E-state index contributed by atoms with van der Waals surface area (Å²) in [7, 11) is 3.34. The van der Waals surface area contributed by atoms with Crippen LogP contribution < -0.4 is 19.7 Å². The maximum atomic E-state index is 12.5. The number of anilines is 1. The second-order valence-electron chi connectivity index (χ2n) is 6.92. The van der Waals surface area contributed by atoms with Crippen LogP contribution in [-0.4, -0.2) is 69.0 Å². The van der Waals surface area contributed by atoms with E-state index in [0.29, 0.717) is 11.5 Å². The molecule has 176 valence electrons. The number of pyridine rings is 1. The van der Waals surface area contributed by atoms with Crippen molar-refractivity contribution in [2.24, 2.45) is 4.99 Å². The highest BCUT2D eigenvalue weighted by atomic mass is 127. The van der Waals surface area contributed by atoms with Crippen LogP contribution in [-0.2, 0) is 6.54 Å². The molecular weight excluding hydrogens is 538 g/mol. The molecule has 0 spiro atoms. The number of hydrogen-bond acceptors (Lipinski definition) is 5. The van der Waals surface area contributed by atoms with Crippen LogP contribution in [0.25, 0.3) is 0 Å². The minimum absolute atomic E-state index is 0. The highest BCUT2D eigenvalue weighted by Gasteiger charge is 2.29. The second kappa shape index (κ2) is 12.0. The van der Waals surface area contributed by atoms with Crippen LogP contribution in [0, 0.1) is 0 Å². The topological polar surface area (TPSA) is 62.2 Å². The standard InChI is InChI=1S/C21H26F3N5O2.HI/c1-25-20(27-14-16-6-5-9-26-19(16)31-15-21(22,23)24)29-12-10-28(11-13-29)17-7-3-4-8-18(17)30-2;/h3-9H,10-15H2,1-2H3,(H,25,27);1H. The number of hydrogen-bond donors (Lipinski definition) is 1. The van der Waals surface area contributed by atoms with Crippen LogP contribution in [0.3, 0.4) is 0 Å². The number of halogens is 4. The summed E-state index contributed by atoms with van der Waals surface area (Å²) in [6.45, 7) is 1.92. The van der Waals surface area contributed by atoms with Gasteiger partial charge >= 0.3 is 6.18 Å². The van der Waals surface area contributed by atoms with Gasteiger partial charge in [-0.2, -0.15) is 13.2 Å². The Hall–Kier alpha value is -2.44. The first kappa shape index (κ1) is 25.8. The number of para-hydroxylation sites is 2. The molecule has 0 aliphatic carbocycles. The van der Waals surface area contributed by atoms with Crippen molar-refractivity contribution in [2.75, 3.05) is 51.8 Å². The van der Waals surface area contributed by atoms with Crippen LogP contribution >= 0.6 is 24.0 Å². The van der Waals surface area contributed by atoms with Gasteiger partial charge in [0, 0.05) is 51.5 Å². The molecule has 0 radical (unpaired) electrons. The summed E-state index contributed by atoms with van der Waals surface area (Å²) >= 11 is 0. The third-order valence-electron chi connectivity index (χ3n) is 4.88. The minimum atomic E-state index is -4.42. The zero-order chi connectivity index (χ0) is 22.3. The molecule has 7 nitrogen and oxygen atoms in total. The minimum Gasteiger partial charge on any atom is -0.495 e. The number of piperazine rings is 1. The third kappa shape index (κ3) is 7.04. The van der Waals surface area contributed by atoms with Gasteiger partial charge in [-0.1, -0.05) is 18.2 Å². The van der Waals surface area contributed by atoms with Crippen molar-refractivity contribution in [3.05, 3.63) is 48.2 Å². The van der Waals surface area contributed by atoms with Gasteiger partial charge in [0.2, 0.25) is 5.88 Å². The van der Waals surface area contributed by atoms with Gasteiger partial charge in [-0.25, -0.2) is 4.98 Å². The Morgan fingerprint density at radius 1 is 1.12 bits per heavy atom. The quantitative estimate of drug-likeness (QED) is 0.329. The SMILES string of the molecule is CN=C(NCc1cccnc1OCC(F)(F)F)N1CCN(c2ccccc2OC)CC1.I. The fourth-order valence-electron chi connectivity index (χ4n) is 3.40. The lowest BCUT2D eigenvalue weighted by Crippen LogP contribution is -2.52. The molecule has 3 rings (SSSR count). The first-order valence-electron chi connectivity index (χ1n) is 9.88. The van der Waals surface area contributed by atoms with Crippen molar-refractivity contribution in [2.45, 2.75) is 12.7 Å². The van der Waals surface area contributed by atoms with E-state index in [4.69, 9.17) is 9.47 Å². The molecule has 1 saturated heterocycles. The zero-order valence-corrected chi connectivity index (χ0v) is 20.3. The van der Waals surface area contributed by atoms with E-state index in [1.54, 1.807) is 26.3 Å². The molecule has 1 aromatic heterocycles. The summed E-state index contributed by atoms with van der Waals surface area (Å²) in [5.74, 6) is 1.47. The van der Waals surface area contributed by atoms with Crippen LogP contribution in [0.1, 0.15) is 5.56 Å². The van der Waals surface area contributed by atoms with E-state index in [1.165, 1.54) is 6.20 Å². The number of benzene rings is 1. The van der Waals surface area contributed by atoms with Crippen molar-refractivity contribution in [1.82, 2.24) is 15.2 Å². The summed E-state index contributed by atoms with van der Waals surface area (Å²) in [5.41, 5.74) is 1.58. The molecule has 32 heavy (non-hydrogen) atoms. The number of rotatable bonds is 6. The molecule has 0 atom stereocenters. The Kier molecular flexibility index (Phi) is 9.66. The first-order valence-corrected chi connectivity index (χ1v) is 9.88. The first-order chi connectivity index (χ1) is 14.9. The number of methoxy groups -OCH3 is 1. The summed E-state index contributed by atoms with van der Waals surface area (Å²) < 4.78 is 47.7. The fourth-order valence-corrected chi connectivity index (χ4v) is 3.40. The van der Waals surface area contributed by atoms with Gasteiger partial charge in [-0.05, 0) is 18.2 Å². The van der Waals surface area contributed by atoms with Gasteiger partial charge in [-0.3, -0.25) is 4.99 Å². The van der Waals surface area contributed by atoms with Gasteiger partial charge in [0.15, 0.2) is 12.6 Å². The molecule has 2 aromatic rings. The largest absolute Gasteiger partial charge is 0.495 e. The molecule has 11 heteroatoms. The van der Waals surface area contributed by atoms with Crippen LogP contribution in [0.4, 0.5) is 18.9 Å². The summed E-state index contributed by atoms with van der Waals surface area (Å²) in [6, 6.07) is 11.2. The van der Waals surface area contributed by atoms with E-state index in [9.17, 15) is 13.2 Å². The summed E-state index contributed by atoms with van der Waals surface area (Å²) in [4.78, 5) is 12.6. The molecule has 1 aromatic carbocycles. The van der Waals surface area contributed by atoms with Crippen molar-refractivity contribution in [1.29, 1.82) is 0 Å². The monoisotopic (exact) mass is 565 g/mol. The molecule has 1 aliphatic heterocycles. The van der Waals surface area contributed by atoms with Crippen LogP contribution in [0.2, 0.25) is 0 Å². The lowest BCUT2D eigenvalue weighted by atomic mass is 10.2. The fraction of sp³-hybridized carbons (Fsp3) is 0.429. The Bertz CT molecular complexity index is 890. The normalized spacial score (nSPS) is 14.6. The lowest BCUT2D eigenvalue weighted by molar-refractivity contribution is -0.154. The third-order valence-corrected chi connectivity index (χ3v) is 4.88. The van der Waals surface area contributed by atoms with Crippen LogP contribution in [0.5, 0.6) is 11.6 Å². The van der Waals surface area contributed by atoms with E-state index in [-0.39, 0.29) is 36.4 Å². The van der Waals surface area contributed by atoms with Crippen molar-refractivity contribution in [3.63, 3.8) is 0 Å². The number of ether oxygens (including phenoxy) is 2. The van der Waals surface area contributed by atoms with Crippen LogP contribution in [0.15, 0.2) is 47.6 Å². The van der Waals surface area contributed by atoms with E-state index < -0.39 is 12.8 Å². The number of aliphatic imine (C=N–C) groups is 1. The number of nitrogens with one attached hydrogen (secondary N) is 1. The van der Waals surface area contributed by atoms with E-state index in [0.717, 1.165) is 37.6 Å². The Morgan fingerprint density at radius 2 is 1.84 bits per heavy atom. The second-order valence-corrected chi connectivity index (χ2v) is 6.92. The predicted molar refractivity (Wildman–Crippen MR) is 128 cm³/mol. The molecule has 1 aliphatic rings. The Labute approximate surface area is 202 Å². The maximum absolute atomic E-state index is 12.5. The van der Waals surface area contributed by atoms with E-state index in [1.807, 2.05) is 24.3 Å². The highest BCUT2D eigenvalue weighted by Crippen LogP contribution is 2.28. The van der Waals surface area contributed by atoms with Crippen molar-refractivity contribution in [3.8, 4) is 11.6 Å². The zero-order valence-electron chi connectivity index (χ0n) is 17.9. The van der Waals surface area contributed by atoms with Crippen molar-refractivity contribution >= 4 is 35.6 Å². The molecule has 0 unspecified atom stereocenters. The summed E-state index contributed by atoms with van der Waals surface area (Å²) in [5, 5.41) is 3.20. The predicted octanol–water partition coefficient (Wildman–Crippen LogP) is 3.55. The molecule has 0 saturated carbocycles. The molecular formula is C21H27F3IN5O2. The molecule has 0 bridgehead atoms. The number of nitrogens with zero attached hydrogens (tertiary/aromatic N) is 4. The molecule has 2 heterocycles. The molecule has 1 N–H and O–H groups in total. The lowest BCUT2D eigenvalue weighted by Gasteiger charge is -2.38. The Morgan fingerprint density at radius 3 is 2.50 bits per heavy atom. The van der Waals surface area contributed by atoms with Crippen molar-refractivity contribution < 1.29 is 22.6 Å². The maximum Gasteiger partial charge on any atom is 0.422 e. The van der Waals surface area contributed by atoms with Gasteiger partial charge in [0.05, 0.1) is 12.8 Å². The van der Waals surface area contributed by atoms with E-state index >= 15 is 0 Å². The van der Waals surface area contributed by atoms with E-state index in [2.05, 4.69) is 25.1 Å². The van der Waals surface area contributed by atoms with Gasteiger partial charge < -0.3 is 24.6 Å². The van der Waals surface area contributed by atoms with Gasteiger partial charge in [0.1, 0.15) is 5.75 Å². The highest BCUT2D eigenvalue weighted by molar-refractivity contribution is 14.0. The molecule has 1 fully saturated rings. The summed E-state index contributed by atoms with van der Waals surface area (Å²) in [6.07, 6.45) is -3.01. The average Bonchev–Trinajstić information content (AvgIpc) is 2.78. The number of alkyl halides is 3. The number of guanidine groups is 1. The average molecular weight is 565 g/mol. The van der Waals surface area contributed by atoms with Gasteiger partial charge in [0.25, 0.3) is 0 Å². The number of aromatic nitrogens is 1. The molecule has 0 amide bonds. The van der Waals surface area contributed by atoms with Gasteiger partial charge in [-0.15, -0.1) is 24.0 Å². The smallest absolute Gasteiger partial charge is 0.422 e.